The van der Waals surface area contributed by atoms with E-state index in [2.05, 4.69) is 39.2 Å². The molecule has 0 aromatic heterocycles. The number of nitrogens with one attached hydrogen (secondary N) is 2. The molecule has 3 rings (SSSR count). The van der Waals surface area contributed by atoms with Crippen LogP contribution in [0.2, 0.25) is 0 Å². The summed E-state index contributed by atoms with van der Waals surface area (Å²) in [4.78, 5) is 25.3. The summed E-state index contributed by atoms with van der Waals surface area (Å²) < 4.78 is 20.9. The quantitative estimate of drug-likeness (QED) is 0.344. The van der Waals surface area contributed by atoms with Crippen molar-refractivity contribution in [3.8, 4) is 6.07 Å². The molecule has 0 radical (unpaired) electrons. The van der Waals surface area contributed by atoms with Crippen molar-refractivity contribution in [3.63, 3.8) is 0 Å². The van der Waals surface area contributed by atoms with Crippen LogP contribution in [-0.2, 0) is 14.3 Å². The predicted molar refractivity (Wildman–Crippen MR) is 134 cm³/mol. The van der Waals surface area contributed by atoms with Crippen molar-refractivity contribution in [1.29, 1.82) is 5.26 Å². The number of anilines is 1. The van der Waals surface area contributed by atoms with Crippen LogP contribution >= 0.6 is 27.7 Å². The van der Waals surface area contributed by atoms with Crippen LogP contribution in [0.3, 0.4) is 0 Å². The third kappa shape index (κ3) is 5.95. The third-order valence-corrected chi connectivity index (χ3v) is 6.44. The summed E-state index contributed by atoms with van der Waals surface area (Å²) in [7, 11) is 0. The molecule has 34 heavy (non-hydrogen) atoms. The van der Waals surface area contributed by atoms with E-state index in [4.69, 9.17) is 4.74 Å². The van der Waals surface area contributed by atoms with Gasteiger partial charge in [-0.25, -0.2) is 9.18 Å². The first-order chi connectivity index (χ1) is 16.3. The number of carbonyl (C=O) groups excluding carboxylic acids is 2. The standard InChI is InChI=1S/C25H21BrFN3O3S/c1-3-12-33-25(32)22-15(2)29-24(19(13-28)23(22)18-6-4-5-7-20(18)27)34-14-21(31)30-17-10-8-16(26)9-11-17/h3-11,23,29H,1,12,14H2,2H3,(H,30,31)/t23-/m1/s1. The molecule has 0 aliphatic carbocycles. The fraction of sp³-hybridized carbons (Fsp3) is 0.160. The Bertz CT molecular complexity index is 1220. The third-order valence-electron chi connectivity index (χ3n) is 4.89. The summed E-state index contributed by atoms with van der Waals surface area (Å²) in [5, 5.41) is 16.2. The Morgan fingerprint density at radius 2 is 2.00 bits per heavy atom. The normalized spacial score (nSPS) is 15.3. The molecule has 0 saturated carbocycles. The number of ether oxygens (including phenoxy) is 1. The molecule has 1 heterocycles. The summed E-state index contributed by atoms with van der Waals surface area (Å²) in [5.74, 6) is -2.50. The molecule has 2 aromatic rings. The lowest BCUT2D eigenvalue weighted by molar-refractivity contribution is -0.138. The molecule has 0 saturated heterocycles. The SMILES string of the molecule is C=CCOC(=O)C1=C(C)NC(SCC(=O)Nc2ccc(Br)cc2)=C(C#N)[C@H]1c1ccccc1F. The summed E-state index contributed by atoms with van der Waals surface area (Å²) in [5.41, 5.74) is 1.47. The second kappa shape index (κ2) is 11.7. The minimum atomic E-state index is -0.984. The largest absolute Gasteiger partial charge is 0.458 e. The van der Waals surface area contributed by atoms with Gasteiger partial charge in [0.2, 0.25) is 5.91 Å². The number of carbonyl (C=O) groups is 2. The number of hydrogen-bond donors (Lipinski definition) is 2. The Balaban J connectivity index is 1.91. The number of rotatable bonds is 8. The minimum absolute atomic E-state index is 0.00288. The molecule has 0 fully saturated rings. The van der Waals surface area contributed by atoms with E-state index in [9.17, 15) is 19.2 Å². The number of hydrogen-bond acceptors (Lipinski definition) is 6. The number of amides is 1. The van der Waals surface area contributed by atoms with E-state index in [-0.39, 0.29) is 35.0 Å². The maximum Gasteiger partial charge on any atom is 0.337 e. The van der Waals surface area contributed by atoms with Gasteiger partial charge >= 0.3 is 5.97 Å². The van der Waals surface area contributed by atoms with Crippen molar-refractivity contribution in [2.45, 2.75) is 12.8 Å². The number of nitrogens with zero attached hydrogens (tertiary/aromatic N) is 1. The van der Waals surface area contributed by atoms with Crippen molar-refractivity contribution >= 4 is 45.3 Å². The smallest absolute Gasteiger partial charge is 0.337 e. The highest BCUT2D eigenvalue weighted by molar-refractivity contribution is 9.10. The second-order valence-corrected chi connectivity index (χ2v) is 9.10. The maximum absolute atomic E-state index is 14.8. The molecular weight excluding hydrogens is 521 g/mol. The van der Waals surface area contributed by atoms with Gasteiger partial charge in [0, 0.05) is 21.4 Å². The van der Waals surface area contributed by atoms with Crippen LogP contribution in [-0.4, -0.2) is 24.2 Å². The highest BCUT2D eigenvalue weighted by Crippen LogP contribution is 2.41. The lowest BCUT2D eigenvalue weighted by Gasteiger charge is -2.29. The van der Waals surface area contributed by atoms with Gasteiger partial charge in [0.15, 0.2) is 0 Å². The average molecular weight is 542 g/mol. The van der Waals surface area contributed by atoms with Gasteiger partial charge in [-0.05, 0) is 37.3 Å². The van der Waals surface area contributed by atoms with Crippen molar-refractivity contribution < 1.29 is 18.7 Å². The topological polar surface area (TPSA) is 91.2 Å². The minimum Gasteiger partial charge on any atom is -0.458 e. The van der Waals surface area contributed by atoms with E-state index < -0.39 is 17.7 Å². The number of dihydropyridines is 1. The van der Waals surface area contributed by atoms with Gasteiger partial charge in [0.1, 0.15) is 12.4 Å². The van der Waals surface area contributed by atoms with Crippen LogP contribution in [0.4, 0.5) is 10.1 Å². The van der Waals surface area contributed by atoms with E-state index in [1.54, 1.807) is 25.1 Å². The summed E-state index contributed by atoms with van der Waals surface area (Å²) >= 11 is 4.44. The van der Waals surface area contributed by atoms with E-state index in [0.717, 1.165) is 16.2 Å². The Labute approximate surface area is 209 Å². The number of esters is 1. The molecule has 9 heteroatoms. The Hall–Kier alpha value is -3.35. The van der Waals surface area contributed by atoms with E-state index in [0.29, 0.717) is 16.4 Å². The molecule has 1 amide bonds. The second-order valence-electron chi connectivity index (χ2n) is 7.20. The molecule has 1 atom stereocenters. The van der Waals surface area contributed by atoms with E-state index >= 15 is 0 Å². The van der Waals surface area contributed by atoms with Crippen molar-refractivity contribution in [1.82, 2.24) is 5.32 Å². The molecule has 2 N–H and O–H groups in total. The molecular formula is C25H21BrFN3O3S. The molecule has 1 aliphatic heterocycles. The zero-order valence-corrected chi connectivity index (χ0v) is 20.6. The first kappa shape index (κ1) is 25.3. The van der Waals surface area contributed by atoms with Crippen molar-refractivity contribution in [3.05, 3.63) is 98.9 Å². The monoisotopic (exact) mass is 541 g/mol. The number of benzene rings is 2. The number of nitriles is 1. The Morgan fingerprint density at radius 3 is 2.65 bits per heavy atom. The Kier molecular flexibility index (Phi) is 8.68. The number of thioether (sulfide) groups is 1. The van der Waals surface area contributed by atoms with Crippen LogP contribution in [0.5, 0.6) is 0 Å². The van der Waals surface area contributed by atoms with Gasteiger partial charge in [0.25, 0.3) is 0 Å². The van der Waals surface area contributed by atoms with Crippen LogP contribution in [0.25, 0.3) is 0 Å². The maximum atomic E-state index is 14.8. The zero-order valence-electron chi connectivity index (χ0n) is 18.2. The van der Waals surface area contributed by atoms with Crippen LogP contribution in [0.1, 0.15) is 18.4 Å². The zero-order chi connectivity index (χ0) is 24.7. The molecule has 0 bridgehead atoms. The van der Waals surface area contributed by atoms with E-state index in [1.165, 1.54) is 24.3 Å². The first-order valence-electron chi connectivity index (χ1n) is 10.2. The van der Waals surface area contributed by atoms with Gasteiger partial charge in [-0.3, -0.25) is 4.79 Å². The summed E-state index contributed by atoms with van der Waals surface area (Å²) in [6.07, 6.45) is 1.43. The lowest BCUT2D eigenvalue weighted by atomic mass is 9.82. The van der Waals surface area contributed by atoms with Gasteiger partial charge in [0.05, 0.1) is 33.9 Å². The number of halogens is 2. The summed E-state index contributed by atoms with van der Waals surface area (Å²) in [6.45, 7) is 5.16. The summed E-state index contributed by atoms with van der Waals surface area (Å²) in [6, 6.07) is 15.2. The molecule has 0 unspecified atom stereocenters. The highest BCUT2D eigenvalue weighted by atomic mass is 79.9. The average Bonchev–Trinajstić information content (AvgIpc) is 2.82. The first-order valence-corrected chi connectivity index (χ1v) is 12.0. The van der Waals surface area contributed by atoms with Gasteiger partial charge < -0.3 is 15.4 Å². The number of allylic oxidation sites excluding steroid dienone is 2. The van der Waals surface area contributed by atoms with Crippen LogP contribution in [0.15, 0.2) is 87.5 Å². The lowest BCUT2D eigenvalue weighted by Crippen LogP contribution is -2.30. The molecule has 174 valence electrons. The van der Waals surface area contributed by atoms with Crippen molar-refractivity contribution in [2.24, 2.45) is 0 Å². The highest BCUT2D eigenvalue weighted by Gasteiger charge is 2.37. The van der Waals surface area contributed by atoms with Gasteiger partial charge in [-0.1, -0.05) is 58.5 Å². The predicted octanol–water partition coefficient (Wildman–Crippen LogP) is 5.39. The fourth-order valence-corrected chi connectivity index (χ4v) is 4.55. The molecule has 1 aliphatic rings. The van der Waals surface area contributed by atoms with Crippen LogP contribution < -0.4 is 10.6 Å². The van der Waals surface area contributed by atoms with Crippen molar-refractivity contribution in [2.75, 3.05) is 17.7 Å². The van der Waals surface area contributed by atoms with Gasteiger partial charge in [-0.2, -0.15) is 5.26 Å². The molecule has 0 spiro atoms. The van der Waals surface area contributed by atoms with E-state index in [1.807, 2.05) is 12.1 Å². The molecule has 6 nitrogen and oxygen atoms in total. The Morgan fingerprint density at radius 1 is 1.29 bits per heavy atom. The fourth-order valence-electron chi connectivity index (χ4n) is 3.40. The van der Waals surface area contributed by atoms with Crippen LogP contribution in [0, 0.1) is 17.1 Å². The van der Waals surface area contributed by atoms with Gasteiger partial charge in [-0.15, -0.1) is 0 Å². The molecule has 2 aromatic carbocycles.